The molecule has 7 N–H and O–H groups in total. The summed E-state index contributed by atoms with van der Waals surface area (Å²) in [6, 6.07) is 6.23. The van der Waals surface area contributed by atoms with E-state index in [0.717, 1.165) is 63.4 Å². The van der Waals surface area contributed by atoms with Gasteiger partial charge in [-0.25, -0.2) is 23.5 Å². The summed E-state index contributed by atoms with van der Waals surface area (Å²) >= 11 is 0. The fourth-order valence-corrected chi connectivity index (χ4v) is 7.15. The van der Waals surface area contributed by atoms with Gasteiger partial charge in [-0.05, 0) is 43.5 Å². The van der Waals surface area contributed by atoms with Crippen LogP contribution >= 0.6 is 0 Å². The Morgan fingerprint density at radius 2 is 1.03 bits per heavy atom. The SMILES string of the molecule is NS(=O)(=O)c1ccc(CCNC(=O)CCCCCCCCCCCN(Cc2nccn2CC(=O)N(CC(=O)O)CC(=O)O)Cc2nccn2CC(=O)N(CC(=O)O)CC(=O)O)cc1. The Hall–Kier alpha value is -6.20. The maximum atomic E-state index is 13.0. The Morgan fingerprint density at radius 1 is 0.619 bits per heavy atom. The van der Waals surface area contributed by atoms with Gasteiger partial charge in [0.15, 0.2) is 0 Å². The van der Waals surface area contributed by atoms with E-state index >= 15 is 0 Å². The van der Waals surface area contributed by atoms with Gasteiger partial charge in [-0.1, -0.05) is 57.1 Å². The number of carboxylic acids is 4. The van der Waals surface area contributed by atoms with E-state index < -0.39 is 71.9 Å². The Kier molecular flexibility index (Phi) is 21.4. The second-order valence-corrected chi connectivity index (χ2v) is 16.5. The highest BCUT2D eigenvalue weighted by atomic mass is 32.2. The van der Waals surface area contributed by atoms with Crippen LogP contribution in [0.1, 0.15) is 81.4 Å². The zero-order valence-electron chi connectivity index (χ0n) is 35.0. The lowest BCUT2D eigenvalue weighted by atomic mass is 10.1. The normalized spacial score (nSPS) is 11.3. The topological polar surface area (TPSA) is 318 Å². The van der Waals surface area contributed by atoms with Gasteiger partial charge in [0.2, 0.25) is 27.7 Å². The highest BCUT2D eigenvalue weighted by Crippen LogP contribution is 2.15. The second-order valence-electron chi connectivity index (χ2n) is 14.9. The smallest absolute Gasteiger partial charge is 0.323 e. The monoisotopic (exact) mass is 903 g/mol. The molecule has 3 amide bonds. The highest BCUT2D eigenvalue weighted by Gasteiger charge is 2.24. The molecule has 0 saturated heterocycles. The Bertz CT molecular complexity index is 1980. The van der Waals surface area contributed by atoms with Crippen molar-refractivity contribution < 1.29 is 62.4 Å². The molecule has 1 aromatic carbocycles. The van der Waals surface area contributed by atoms with Crippen LogP contribution in [0.2, 0.25) is 0 Å². The van der Waals surface area contributed by atoms with Crippen molar-refractivity contribution in [3.05, 3.63) is 66.3 Å². The quantitative estimate of drug-likeness (QED) is 0.0476. The number of sulfonamides is 1. The third-order valence-electron chi connectivity index (χ3n) is 9.82. The summed E-state index contributed by atoms with van der Waals surface area (Å²) < 4.78 is 25.8. The van der Waals surface area contributed by atoms with Gasteiger partial charge in [0.25, 0.3) is 0 Å². The Balaban J connectivity index is 1.50. The highest BCUT2D eigenvalue weighted by molar-refractivity contribution is 7.89. The molecule has 22 nitrogen and oxygen atoms in total. The molecule has 0 aliphatic rings. The molecule has 2 aromatic heterocycles. The number of nitrogens with two attached hydrogens (primary N) is 1. The summed E-state index contributed by atoms with van der Waals surface area (Å²) in [6.07, 6.45) is 15.3. The summed E-state index contributed by atoms with van der Waals surface area (Å²) in [5.74, 6) is -6.14. The number of nitrogens with zero attached hydrogens (tertiary/aromatic N) is 7. The van der Waals surface area contributed by atoms with Crippen molar-refractivity contribution in [3.63, 3.8) is 0 Å². The molecule has 63 heavy (non-hydrogen) atoms. The van der Waals surface area contributed by atoms with Gasteiger partial charge in [0.1, 0.15) is 50.9 Å². The summed E-state index contributed by atoms with van der Waals surface area (Å²) in [7, 11) is -3.75. The van der Waals surface area contributed by atoms with Gasteiger partial charge >= 0.3 is 23.9 Å². The number of carboxylic acid groups (broad SMARTS) is 4. The number of unbranched alkanes of at least 4 members (excludes halogenated alkanes) is 8. The maximum absolute atomic E-state index is 13.0. The van der Waals surface area contributed by atoms with E-state index in [2.05, 4.69) is 15.3 Å². The molecule has 0 spiro atoms. The Labute approximate surface area is 364 Å². The fraction of sp³-hybridized carbons (Fsp3) is 0.525. The number of amides is 3. The molecule has 0 saturated carbocycles. The van der Waals surface area contributed by atoms with Crippen LogP contribution in [0.5, 0.6) is 0 Å². The van der Waals surface area contributed by atoms with Gasteiger partial charge in [-0.2, -0.15) is 0 Å². The standard InChI is InChI=1S/C40H57N9O13S/c41-63(61,62)31-13-11-30(12-14-31)15-16-44-34(50)10-8-6-4-2-1-3-5-7-9-19-45(22-32-42-17-20-46(32)24-35(51)48(26-37(53)54)27-38(55)56)23-33-43-18-21-47(33)25-36(52)49(28-39(57)58)29-40(59)60/h11-14,17-18,20-21H,1-10,15-16,19,22-29H2,(H,44,50)(H,53,54)(H,55,56)(H,57,58)(H,59,60)(H2,41,61,62). The largest absolute Gasteiger partial charge is 0.480 e. The van der Waals surface area contributed by atoms with Crippen molar-refractivity contribution >= 4 is 51.6 Å². The number of hydrogen-bond donors (Lipinski definition) is 6. The number of imidazole rings is 2. The maximum Gasteiger partial charge on any atom is 0.323 e. The lowest BCUT2D eigenvalue weighted by molar-refractivity contribution is -0.150. The first-order valence-corrected chi connectivity index (χ1v) is 22.0. The zero-order valence-corrected chi connectivity index (χ0v) is 35.9. The van der Waals surface area contributed by atoms with Gasteiger partial charge in [0.05, 0.1) is 18.0 Å². The van der Waals surface area contributed by atoms with Crippen molar-refractivity contribution in [1.29, 1.82) is 0 Å². The van der Waals surface area contributed by atoms with E-state index in [-0.39, 0.29) is 37.0 Å². The summed E-state index contributed by atoms with van der Waals surface area (Å²) in [4.78, 5) is 95.7. The van der Waals surface area contributed by atoms with Crippen LogP contribution < -0.4 is 10.5 Å². The summed E-state index contributed by atoms with van der Waals surface area (Å²) in [5.41, 5.74) is 0.887. The number of nitrogens with one attached hydrogen (secondary N) is 1. The average molecular weight is 904 g/mol. The number of aromatic nitrogens is 4. The van der Waals surface area contributed by atoms with Crippen LogP contribution in [-0.2, 0) is 76.2 Å². The van der Waals surface area contributed by atoms with Gasteiger partial charge in [0, 0.05) is 37.8 Å². The molecule has 2 heterocycles. The number of rotatable bonds is 32. The van der Waals surface area contributed by atoms with E-state index in [9.17, 15) is 62.4 Å². The summed E-state index contributed by atoms with van der Waals surface area (Å²) in [6.45, 7) is -2.60. The van der Waals surface area contributed by atoms with Crippen molar-refractivity contribution in [2.45, 2.75) is 102 Å². The average Bonchev–Trinajstić information content (AvgIpc) is 3.83. The van der Waals surface area contributed by atoms with Crippen LogP contribution in [0.15, 0.2) is 53.9 Å². The first kappa shape index (κ1) is 51.2. The third kappa shape index (κ3) is 20.0. The van der Waals surface area contributed by atoms with E-state index in [1.54, 1.807) is 12.1 Å². The molecule has 23 heteroatoms. The predicted octanol–water partition coefficient (Wildman–Crippen LogP) is 0.985. The molecular formula is C40H57N9O13S. The molecule has 0 unspecified atom stereocenters. The fourth-order valence-electron chi connectivity index (χ4n) is 6.63. The van der Waals surface area contributed by atoms with E-state index in [1.807, 2.05) is 4.90 Å². The molecule has 346 valence electrons. The number of primary sulfonamides is 1. The molecule has 0 aliphatic carbocycles. The molecule has 3 rings (SSSR count). The minimum Gasteiger partial charge on any atom is -0.480 e. The summed E-state index contributed by atoms with van der Waals surface area (Å²) in [5, 5.41) is 44.8. The molecule has 0 atom stereocenters. The molecular weight excluding hydrogens is 847 g/mol. The number of benzene rings is 1. The molecule has 3 aromatic rings. The van der Waals surface area contributed by atoms with E-state index in [4.69, 9.17) is 5.14 Å². The second kappa shape index (κ2) is 26.3. The van der Waals surface area contributed by atoms with Gasteiger partial charge < -0.3 is 44.7 Å². The minimum absolute atomic E-state index is 0.0311. The number of carbonyl (C=O) groups is 7. The van der Waals surface area contributed by atoms with Gasteiger partial charge in [-0.3, -0.25) is 38.5 Å². The molecule has 0 radical (unpaired) electrons. The van der Waals surface area contributed by atoms with Crippen LogP contribution in [0, 0.1) is 0 Å². The number of hydrogen-bond acceptors (Lipinski definition) is 12. The molecule has 0 aliphatic heterocycles. The van der Waals surface area contributed by atoms with Crippen LogP contribution in [0.3, 0.4) is 0 Å². The lowest BCUT2D eigenvalue weighted by Gasteiger charge is -2.24. The lowest BCUT2D eigenvalue weighted by Crippen LogP contribution is -2.41. The first-order chi connectivity index (χ1) is 29.9. The van der Waals surface area contributed by atoms with Crippen molar-refractivity contribution in [1.82, 2.24) is 39.1 Å². The van der Waals surface area contributed by atoms with Crippen molar-refractivity contribution in [2.24, 2.45) is 5.14 Å². The minimum atomic E-state index is -3.75. The van der Waals surface area contributed by atoms with Crippen LogP contribution in [0.25, 0.3) is 0 Å². The van der Waals surface area contributed by atoms with Gasteiger partial charge in [-0.15, -0.1) is 0 Å². The Morgan fingerprint density at radius 3 is 1.44 bits per heavy atom. The van der Waals surface area contributed by atoms with Crippen molar-refractivity contribution in [2.75, 3.05) is 39.3 Å². The van der Waals surface area contributed by atoms with E-state index in [1.165, 1.54) is 46.1 Å². The molecule has 0 fully saturated rings. The first-order valence-electron chi connectivity index (χ1n) is 20.4. The number of aliphatic carboxylic acids is 4. The zero-order chi connectivity index (χ0) is 46.4. The number of carbonyl (C=O) groups excluding carboxylic acids is 3. The van der Waals surface area contributed by atoms with Crippen LogP contribution in [0.4, 0.5) is 0 Å². The van der Waals surface area contributed by atoms with Crippen LogP contribution in [-0.4, -0.2) is 144 Å². The van der Waals surface area contributed by atoms with E-state index in [0.29, 0.717) is 47.4 Å². The predicted molar refractivity (Wildman–Crippen MR) is 223 cm³/mol. The third-order valence-corrected chi connectivity index (χ3v) is 10.7. The van der Waals surface area contributed by atoms with Crippen molar-refractivity contribution in [3.8, 4) is 0 Å². The molecule has 0 bridgehead atoms.